The summed E-state index contributed by atoms with van der Waals surface area (Å²) in [6.07, 6.45) is -0.995. The molecule has 3 aliphatic rings. The van der Waals surface area contributed by atoms with Crippen LogP contribution in [0, 0.1) is 5.92 Å². The molecule has 1 aromatic rings. The Balaban J connectivity index is 1.23. The second kappa shape index (κ2) is 9.79. The zero-order valence-electron chi connectivity index (χ0n) is 18.1. The smallest absolute Gasteiger partial charge is 0.378 e. The third-order valence-corrected chi connectivity index (χ3v) is 6.93. The second-order valence-corrected chi connectivity index (χ2v) is 8.85. The number of nitrogens with zero attached hydrogens (tertiary/aromatic N) is 3. The number of morpholine rings is 1. The maximum absolute atomic E-state index is 12.7. The Bertz CT molecular complexity index is 793. The van der Waals surface area contributed by atoms with E-state index in [0.717, 1.165) is 50.9 Å². The first kappa shape index (κ1) is 23.0. The number of piperidine rings is 2. The van der Waals surface area contributed by atoms with Gasteiger partial charge < -0.3 is 19.4 Å². The Morgan fingerprint density at radius 2 is 1.41 bits per heavy atom. The Hall–Kier alpha value is -2.13. The molecule has 4 rings (SSSR count). The molecule has 0 unspecified atom stereocenters. The number of ether oxygens (including phenoxy) is 1. The number of carbonyl (C=O) groups is 2. The van der Waals surface area contributed by atoms with E-state index in [1.807, 2.05) is 4.90 Å². The van der Waals surface area contributed by atoms with Gasteiger partial charge in [0.2, 0.25) is 5.91 Å². The van der Waals surface area contributed by atoms with Crippen molar-refractivity contribution in [1.29, 1.82) is 0 Å². The number of halogens is 3. The summed E-state index contributed by atoms with van der Waals surface area (Å²) < 4.78 is 43.5. The van der Waals surface area contributed by atoms with Crippen LogP contribution in [0.25, 0.3) is 0 Å². The van der Waals surface area contributed by atoms with Crippen molar-refractivity contribution >= 4 is 11.8 Å². The summed E-state index contributed by atoms with van der Waals surface area (Å²) in [5, 5.41) is 0. The van der Waals surface area contributed by atoms with E-state index in [1.54, 1.807) is 4.90 Å². The lowest BCUT2D eigenvalue weighted by Gasteiger charge is -2.42. The molecule has 3 saturated heterocycles. The molecule has 176 valence electrons. The van der Waals surface area contributed by atoms with Gasteiger partial charge in [-0.15, -0.1) is 0 Å². The lowest BCUT2D eigenvalue weighted by Crippen LogP contribution is -2.51. The van der Waals surface area contributed by atoms with Crippen molar-refractivity contribution in [2.24, 2.45) is 5.92 Å². The number of benzene rings is 1. The highest BCUT2D eigenvalue weighted by Gasteiger charge is 2.34. The van der Waals surface area contributed by atoms with E-state index in [0.29, 0.717) is 51.0 Å². The van der Waals surface area contributed by atoms with Crippen LogP contribution in [-0.2, 0) is 15.7 Å². The van der Waals surface area contributed by atoms with Gasteiger partial charge in [0.05, 0.1) is 18.8 Å². The summed E-state index contributed by atoms with van der Waals surface area (Å²) in [5.41, 5.74) is -0.456. The minimum Gasteiger partial charge on any atom is -0.378 e. The second-order valence-electron chi connectivity index (χ2n) is 8.85. The quantitative estimate of drug-likeness (QED) is 0.707. The number of hydrogen-bond donors (Lipinski definition) is 0. The lowest BCUT2D eigenvalue weighted by molar-refractivity contribution is -0.141. The average molecular weight is 454 g/mol. The molecular weight excluding hydrogens is 423 g/mol. The van der Waals surface area contributed by atoms with Gasteiger partial charge in [0, 0.05) is 43.7 Å². The molecule has 3 heterocycles. The third-order valence-electron chi connectivity index (χ3n) is 6.93. The fraction of sp³-hybridized carbons (Fsp3) is 0.652. The first-order valence-corrected chi connectivity index (χ1v) is 11.4. The number of likely N-dealkylation sites (tertiary alicyclic amines) is 2. The van der Waals surface area contributed by atoms with Gasteiger partial charge in [0.15, 0.2) is 0 Å². The number of amides is 2. The van der Waals surface area contributed by atoms with Gasteiger partial charge in [-0.25, -0.2) is 0 Å². The van der Waals surface area contributed by atoms with Crippen LogP contribution in [0.2, 0.25) is 0 Å². The van der Waals surface area contributed by atoms with E-state index in [1.165, 1.54) is 12.1 Å². The predicted octanol–water partition coefficient (Wildman–Crippen LogP) is 2.88. The molecule has 9 heteroatoms. The highest BCUT2D eigenvalue weighted by atomic mass is 19.4. The number of hydrogen-bond acceptors (Lipinski definition) is 4. The topological polar surface area (TPSA) is 53.1 Å². The molecule has 0 aromatic heterocycles. The van der Waals surface area contributed by atoms with Crippen LogP contribution in [0.5, 0.6) is 0 Å². The van der Waals surface area contributed by atoms with Gasteiger partial charge in [-0.2, -0.15) is 13.2 Å². The number of carbonyl (C=O) groups excluding carboxylic acids is 2. The molecule has 3 aliphatic heterocycles. The monoisotopic (exact) mass is 453 g/mol. The first-order valence-electron chi connectivity index (χ1n) is 11.4. The standard InChI is InChI=1S/C23H30F3N3O3/c24-23(25,26)19-3-1-17(2-4-19)21(30)28-11-7-20(8-12-28)27-9-5-18(6-10-27)22(31)29-13-15-32-16-14-29/h1-4,18,20H,5-16H2. The summed E-state index contributed by atoms with van der Waals surface area (Å²) in [6, 6.07) is 4.82. The zero-order chi connectivity index (χ0) is 22.7. The van der Waals surface area contributed by atoms with Crippen LogP contribution in [-0.4, -0.2) is 85.0 Å². The molecule has 0 N–H and O–H groups in total. The fourth-order valence-electron chi connectivity index (χ4n) is 4.97. The van der Waals surface area contributed by atoms with E-state index in [2.05, 4.69) is 4.90 Å². The Morgan fingerprint density at radius 1 is 0.812 bits per heavy atom. The Kier molecular flexibility index (Phi) is 7.05. The number of alkyl halides is 3. The average Bonchev–Trinajstić information content (AvgIpc) is 2.83. The van der Waals surface area contributed by atoms with Gasteiger partial charge in [0.25, 0.3) is 5.91 Å². The summed E-state index contributed by atoms with van der Waals surface area (Å²) in [7, 11) is 0. The van der Waals surface area contributed by atoms with Crippen molar-refractivity contribution in [2.45, 2.75) is 37.9 Å². The highest BCUT2D eigenvalue weighted by molar-refractivity contribution is 5.94. The first-order chi connectivity index (χ1) is 15.3. The number of rotatable bonds is 3. The van der Waals surface area contributed by atoms with Crippen molar-refractivity contribution in [3.8, 4) is 0 Å². The predicted molar refractivity (Wildman–Crippen MR) is 112 cm³/mol. The van der Waals surface area contributed by atoms with Crippen LogP contribution in [0.3, 0.4) is 0 Å². The van der Waals surface area contributed by atoms with Crippen LogP contribution in [0.4, 0.5) is 13.2 Å². The van der Waals surface area contributed by atoms with Crippen LogP contribution in [0.1, 0.15) is 41.6 Å². The van der Waals surface area contributed by atoms with Crippen molar-refractivity contribution in [3.05, 3.63) is 35.4 Å². The van der Waals surface area contributed by atoms with Crippen LogP contribution >= 0.6 is 0 Å². The molecule has 0 atom stereocenters. The zero-order valence-corrected chi connectivity index (χ0v) is 18.1. The minimum absolute atomic E-state index is 0.0886. The van der Waals surface area contributed by atoms with Gasteiger partial charge in [-0.05, 0) is 63.0 Å². The maximum atomic E-state index is 12.7. The van der Waals surface area contributed by atoms with E-state index >= 15 is 0 Å². The molecule has 32 heavy (non-hydrogen) atoms. The van der Waals surface area contributed by atoms with Crippen molar-refractivity contribution in [2.75, 3.05) is 52.5 Å². The van der Waals surface area contributed by atoms with Crippen molar-refractivity contribution in [3.63, 3.8) is 0 Å². The van der Waals surface area contributed by atoms with Crippen LogP contribution in [0.15, 0.2) is 24.3 Å². The molecule has 0 spiro atoms. The molecule has 0 radical (unpaired) electrons. The Morgan fingerprint density at radius 3 is 1.97 bits per heavy atom. The normalized spacial score (nSPS) is 22.2. The molecule has 0 bridgehead atoms. The minimum atomic E-state index is -4.40. The van der Waals surface area contributed by atoms with E-state index in [4.69, 9.17) is 4.74 Å². The van der Waals surface area contributed by atoms with Crippen LogP contribution < -0.4 is 0 Å². The summed E-state index contributed by atoms with van der Waals surface area (Å²) in [5.74, 6) is 0.127. The summed E-state index contributed by atoms with van der Waals surface area (Å²) in [6.45, 7) is 5.57. The van der Waals surface area contributed by atoms with Gasteiger partial charge in [0.1, 0.15) is 0 Å². The fourth-order valence-corrected chi connectivity index (χ4v) is 4.97. The van der Waals surface area contributed by atoms with Gasteiger partial charge in [-0.1, -0.05) is 0 Å². The lowest BCUT2D eigenvalue weighted by atomic mass is 9.92. The third kappa shape index (κ3) is 5.26. The van der Waals surface area contributed by atoms with E-state index in [9.17, 15) is 22.8 Å². The molecule has 2 amide bonds. The SMILES string of the molecule is O=C(c1ccc(C(F)(F)F)cc1)N1CCC(N2CCC(C(=O)N3CCOCC3)CC2)CC1. The molecule has 0 saturated carbocycles. The van der Waals surface area contributed by atoms with E-state index in [-0.39, 0.29) is 17.7 Å². The highest BCUT2D eigenvalue weighted by Crippen LogP contribution is 2.30. The molecule has 3 fully saturated rings. The van der Waals surface area contributed by atoms with Crippen molar-refractivity contribution < 1.29 is 27.5 Å². The van der Waals surface area contributed by atoms with E-state index < -0.39 is 11.7 Å². The molecule has 6 nitrogen and oxygen atoms in total. The largest absolute Gasteiger partial charge is 0.416 e. The molecule has 0 aliphatic carbocycles. The maximum Gasteiger partial charge on any atom is 0.416 e. The summed E-state index contributed by atoms with van der Waals surface area (Å²) >= 11 is 0. The molecule has 1 aromatic carbocycles. The van der Waals surface area contributed by atoms with Crippen molar-refractivity contribution in [1.82, 2.24) is 14.7 Å². The van der Waals surface area contributed by atoms with Gasteiger partial charge in [-0.3, -0.25) is 9.59 Å². The molecular formula is C23H30F3N3O3. The summed E-state index contributed by atoms with van der Waals surface area (Å²) in [4.78, 5) is 31.5. The van der Waals surface area contributed by atoms with Gasteiger partial charge >= 0.3 is 6.18 Å². The Labute approximate surface area is 186 Å².